The normalized spacial score (nSPS) is 15.7. The molecule has 3 aromatic carbocycles. The van der Waals surface area contributed by atoms with Crippen molar-refractivity contribution in [3.63, 3.8) is 0 Å². The van der Waals surface area contributed by atoms with Gasteiger partial charge in [0.05, 0.1) is 17.9 Å². The molecule has 3 aromatic rings. The summed E-state index contributed by atoms with van der Waals surface area (Å²) in [5, 5.41) is 0. The van der Waals surface area contributed by atoms with E-state index in [-0.39, 0.29) is 11.8 Å². The van der Waals surface area contributed by atoms with Crippen LogP contribution in [0.15, 0.2) is 72.4 Å². The summed E-state index contributed by atoms with van der Waals surface area (Å²) < 4.78 is 5.59. The number of hydrogen-bond donors (Lipinski definition) is 0. The van der Waals surface area contributed by atoms with Gasteiger partial charge in [-0.05, 0) is 86.2 Å². The summed E-state index contributed by atoms with van der Waals surface area (Å²) in [5.41, 5.74) is 6.54. The second-order valence-corrected chi connectivity index (χ2v) is 8.78. The Balaban J connectivity index is 1.66. The molecule has 2 amide bonds. The van der Waals surface area contributed by atoms with Crippen molar-refractivity contribution in [2.75, 3.05) is 23.0 Å². The molecule has 0 spiro atoms. The lowest BCUT2D eigenvalue weighted by Gasteiger charge is -2.32. The molecule has 34 heavy (non-hydrogen) atoms. The molecule has 2 aliphatic rings. The van der Waals surface area contributed by atoms with Crippen LogP contribution in [-0.4, -0.2) is 25.0 Å². The highest BCUT2D eigenvalue weighted by Crippen LogP contribution is 2.40. The standard InChI is InChI=1S/C29H28N2O3/c1-4-34-24-15-12-22(13-16-24)26-27(30-17-7-9-21-8-5-6-10-25(21)30)29(33)31(28(26)32)23-14-11-19(2)20(3)18-23/h5-6,8,10-16,18H,4,7,9,17H2,1-3H3. The maximum absolute atomic E-state index is 14.0. The summed E-state index contributed by atoms with van der Waals surface area (Å²) in [4.78, 5) is 31.2. The van der Waals surface area contributed by atoms with Gasteiger partial charge in [0.25, 0.3) is 11.8 Å². The average Bonchev–Trinajstić information content (AvgIpc) is 3.11. The fourth-order valence-corrected chi connectivity index (χ4v) is 4.78. The molecule has 0 bridgehead atoms. The lowest BCUT2D eigenvalue weighted by atomic mass is 9.98. The average molecular weight is 453 g/mol. The number of aryl methyl sites for hydroxylation is 3. The first-order chi connectivity index (χ1) is 16.5. The smallest absolute Gasteiger partial charge is 0.282 e. The van der Waals surface area contributed by atoms with Crippen LogP contribution < -0.4 is 14.5 Å². The first-order valence-electron chi connectivity index (χ1n) is 11.8. The Morgan fingerprint density at radius 1 is 0.882 bits per heavy atom. The topological polar surface area (TPSA) is 49.9 Å². The lowest BCUT2D eigenvalue weighted by Crippen LogP contribution is -2.37. The highest BCUT2D eigenvalue weighted by Gasteiger charge is 2.43. The Kier molecular flexibility index (Phi) is 5.70. The van der Waals surface area contributed by atoms with Crippen LogP contribution in [0.1, 0.15) is 35.6 Å². The first kappa shape index (κ1) is 22.0. The third kappa shape index (κ3) is 3.67. The van der Waals surface area contributed by atoms with Gasteiger partial charge in [-0.3, -0.25) is 9.59 Å². The molecule has 0 unspecified atom stereocenters. The molecule has 0 fully saturated rings. The van der Waals surface area contributed by atoms with Crippen LogP contribution >= 0.6 is 0 Å². The Morgan fingerprint density at radius 2 is 1.65 bits per heavy atom. The number of hydrogen-bond acceptors (Lipinski definition) is 4. The molecule has 172 valence electrons. The Hall–Kier alpha value is -3.86. The zero-order valence-corrected chi connectivity index (χ0v) is 19.8. The molecule has 0 saturated heterocycles. The van der Waals surface area contributed by atoms with E-state index in [4.69, 9.17) is 4.74 Å². The monoisotopic (exact) mass is 452 g/mol. The number of imide groups is 1. The first-order valence-corrected chi connectivity index (χ1v) is 11.8. The van der Waals surface area contributed by atoms with Crippen LogP contribution in [0.4, 0.5) is 11.4 Å². The highest BCUT2D eigenvalue weighted by molar-refractivity contribution is 6.46. The van der Waals surface area contributed by atoms with Crippen LogP contribution in [0.3, 0.4) is 0 Å². The number of ether oxygens (including phenoxy) is 1. The maximum Gasteiger partial charge on any atom is 0.282 e. The van der Waals surface area contributed by atoms with E-state index in [1.54, 1.807) is 0 Å². The van der Waals surface area contributed by atoms with Crippen molar-refractivity contribution in [3.05, 3.63) is 94.7 Å². The van der Waals surface area contributed by atoms with E-state index >= 15 is 0 Å². The SMILES string of the molecule is CCOc1ccc(C2=C(N3CCCc4ccccc43)C(=O)N(c3ccc(C)c(C)c3)C2=O)cc1. The molecule has 2 heterocycles. The second kappa shape index (κ2) is 8.82. The molecule has 0 aliphatic carbocycles. The zero-order valence-electron chi connectivity index (χ0n) is 19.8. The van der Waals surface area contributed by atoms with Gasteiger partial charge >= 0.3 is 0 Å². The summed E-state index contributed by atoms with van der Waals surface area (Å²) in [6.07, 6.45) is 1.88. The van der Waals surface area contributed by atoms with Gasteiger partial charge in [-0.15, -0.1) is 0 Å². The minimum atomic E-state index is -0.296. The van der Waals surface area contributed by atoms with E-state index in [1.807, 2.05) is 86.3 Å². The number of para-hydroxylation sites is 1. The number of rotatable bonds is 5. The van der Waals surface area contributed by atoms with Gasteiger partial charge in [0.2, 0.25) is 0 Å². The quantitative estimate of drug-likeness (QED) is 0.484. The van der Waals surface area contributed by atoms with E-state index in [0.29, 0.717) is 35.7 Å². The van der Waals surface area contributed by atoms with E-state index in [0.717, 1.165) is 35.4 Å². The van der Waals surface area contributed by atoms with Crippen molar-refractivity contribution in [2.45, 2.75) is 33.6 Å². The molecule has 0 radical (unpaired) electrons. The molecule has 0 aromatic heterocycles. The van der Waals surface area contributed by atoms with Crippen LogP contribution in [-0.2, 0) is 16.0 Å². The van der Waals surface area contributed by atoms with Crippen molar-refractivity contribution in [3.8, 4) is 5.75 Å². The molecule has 5 rings (SSSR count). The van der Waals surface area contributed by atoms with Gasteiger partial charge in [-0.2, -0.15) is 0 Å². The third-order valence-corrected chi connectivity index (χ3v) is 6.64. The van der Waals surface area contributed by atoms with E-state index in [2.05, 4.69) is 6.07 Å². The number of benzene rings is 3. The van der Waals surface area contributed by atoms with Gasteiger partial charge in [0.1, 0.15) is 11.4 Å². The summed E-state index contributed by atoms with van der Waals surface area (Å²) in [5.74, 6) is 0.156. The molecular weight excluding hydrogens is 424 g/mol. The Morgan fingerprint density at radius 3 is 2.38 bits per heavy atom. The van der Waals surface area contributed by atoms with Gasteiger partial charge in [-0.1, -0.05) is 36.4 Å². The van der Waals surface area contributed by atoms with Crippen molar-refractivity contribution < 1.29 is 14.3 Å². The molecular formula is C29H28N2O3. The van der Waals surface area contributed by atoms with Crippen molar-refractivity contribution >= 4 is 28.8 Å². The van der Waals surface area contributed by atoms with Gasteiger partial charge in [0, 0.05) is 12.2 Å². The lowest BCUT2D eigenvalue weighted by molar-refractivity contribution is -0.120. The van der Waals surface area contributed by atoms with E-state index in [1.165, 1.54) is 10.5 Å². The number of nitrogens with zero attached hydrogens (tertiary/aromatic N) is 2. The van der Waals surface area contributed by atoms with Crippen LogP contribution in [0.25, 0.3) is 5.57 Å². The van der Waals surface area contributed by atoms with Crippen LogP contribution in [0, 0.1) is 13.8 Å². The number of anilines is 2. The maximum atomic E-state index is 14.0. The number of fused-ring (bicyclic) bond motifs is 1. The predicted octanol–water partition coefficient (Wildman–Crippen LogP) is 5.44. The number of carbonyl (C=O) groups excluding carboxylic acids is 2. The minimum Gasteiger partial charge on any atom is -0.494 e. The zero-order chi connectivity index (χ0) is 23.8. The Bertz CT molecular complexity index is 1310. The molecule has 5 nitrogen and oxygen atoms in total. The molecule has 2 aliphatic heterocycles. The Labute approximate surface area is 200 Å². The van der Waals surface area contributed by atoms with Crippen molar-refractivity contribution in [2.24, 2.45) is 0 Å². The third-order valence-electron chi connectivity index (χ3n) is 6.64. The predicted molar refractivity (Wildman–Crippen MR) is 135 cm³/mol. The van der Waals surface area contributed by atoms with Crippen molar-refractivity contribution in [1.82, 2.24) is 0 Å². The molecule has 0 saturated carbocycles. The fraction of sp³-hybridized carbons (Fsp3) is 0.241. The number of carbonyl (C=O) groups is 2. The van der Waals surface area contributed by atoms with E-state index in [9.17, 15) is 9.59 Å². The summed E-state index contributed by atoms with van der Waals surface area (Å²) in [6.45, 7) is 7.20. The molecule has 0 atom stereocenters. The van der Waals surface area contributed by atoms with E-state index < -0.39 is 0 Å². The minimum absolute atomic E-state index is 0.283. The van der Waals surface area contributed by atoms with Crippen molar-refractivity contribution in [1.29, 1.82) is 0 Å². The second-order valence-electron chi connectivity index (χ2n) is 8.78. The largest absolute Gasteiger partial charge is 0.494 e. The molecule has 5 heteroatoms. The summed E-state index contributed by atoms with van der Waals surface area (Å²) in [6, 6.07) is 21.3. The summed E-state index contributed by atoms with van der Waals surface area (Å²) in [7, 11) is 0. The van der Waals surface area contributed by atoms with Crippen LogP contribution in [0.5, 0.6) is 5.75 Å². The van der Waals surface area contributed by atoms with Crippen LogP contribution in [0.2, 0.25) is 0 Å². The van der Waals surface area contributed by atoms with Gasteiger partial charge < -0.3 is 9.64 Å². The van der Waals surface area contributed by atoms with Gasteiger partial charge in [-0.25, -0.2) is 4.90 Å². The number of amides is 2. The molecule has 0 N–H and O–H groups in total. The summed E-state index contributed by atoms with van der Waals surface area (Å²) >= 11 is 0. The van der Waals surface area contributed by atoms with Gasteiger partial charge in [0.15, 0.2) is 0 Å². The highest BCUT2D eigenvalue weighted by atomic mass is 16.5. The fourth-order valence-electron chi connectivity index (χ4n) is 4.78.